The average Bonchev–Trinajstić information content (AvgIpc) is 2.33. The molecule has 0 aliphatic rings. The fourth-order valence-electron chi connectivity index (χ4n) is 1.38. The van der Waals surface area contributed by atoms with Gasteiger partial charge < -0.3 is 4.74 Å². The van der Waals surface area contributed by atoms with Crippen molar-refractivity contribution in [2.45, 2.75) is 46.0 Å². The minimum Gasteiger partial charge on any atom is -0.443 e. The molecule has 0 atom stereocenters. The summed E-state index contributed by atoms with van der Waals surface area (Å²) >= 11 is 0. The van der Waals surface area contributed by atoms with Crippen molar-refractivity contribution >= 4 is 20.0 Å². The molecular formula is C16H23FN2O2Si. The van der Waals surface area contributed by atoms with Gasteiger partial charge in [-0.15, -0.1) is 5.54 Å². The largest absolute Gasteiger partial charge is 0.443 e. The van der Waals surface area contributed by atoms with Crippen LogP contribution in [0.1, 0.15) is 26.3 Å². The molecule has 1 aromatic heterocycles. The highest BCUT2D eigenvalue weighted by molar-refractivity contribution is 6.83. The van der Waals surface area contributed by atoms with E-state index in [-0.39, 0.29) is 11.4 Å². The molecule has 0 fully saturated rings. The maximum absolute atomic E-state index is 14.0. The molecule has 0 spiro atoms. The molecule has 0 aliphatic heterocycles. The van der Waals surface area contributed by atoms with Crippen LogP contribution in [0.15, 0.2) is 12.1 Å². The van der Waals surface area contributed by atoms with E-state index in [1.54, 1.807) is 26.8 Å². The highest BCUT2D eigenvalue weighted by Crippen LogP contribution is 2.16. The van der Waals surface area contributed by atoms with Gasteiger partial charge in [0.1, 0.15) is 19.5 Å². The first-order valence-corrected chi connectivity index (χ1v) is 10.6. The van der Waals surface area contributed by atoms with Gasteiger partial charge >= 0.3 is 6.09 Å². The molecule has 0 unspecified atom stereocenters. The summed E-state index contributed by atoms with van der Waals surface area (Å²) in [5.41, 5.74) is 2.71. The number of rotatable bonds is 1. The van der Waals surface area contributed by atoms with Gasteiger partial charge in [0.25, 0.3) is 0 Å². The van der Waals surface area contributed by atoms with E-state index in [1.807, 2.05) is 0 Å². The van der Waals surface area contributed by atoms with Crippen LogP contribution in [-0.4, -0.2) is 31.8 Å². The zero-order valence-corrected chi connectivity index (χ0v) is 15.2. The predicted molar refractivity (Wildman–Crippen MR) is 89.1 cm³/mol. The molecule has 120 valence electrons. The van der Waals surface area contributed by atoms with E-state index in [1.165, 1.54) is 18.0 Å². The Hall–Kier alpha value is -1.87. The average molecular weight is 322 g/mol. The molecule has 0 aliphatic carbocycles. The summed E-state index contributed by atoms with van der Waals surface area (Å²) in [6.45, 7) is 11.5. The van der Waals surface area contributed by atoms with E-state index < -0.39 is 25.7 Å². The lowest BCUT2D eigenvalue weighted by Gasteiger charge is -2.24. The van der Waals surface area contributed by atoms with E-state index in [2.05, 4.69) is 36.1 Å². The van der Waals surface area contributed by atoms with Crippen LogP contribution in [0.4, 0.5) is 15.0 Å². The van der Waals surface area contributed by atoms with Gasteiger partial charge in [0, 0.05) is 7.05 Å². The van der Waals surface area contributed by atoms with E-state index >= 15 is 0 Å². The molecule has 0 saturated heterocycles. The van der Waals surface area contributed by atoms with Gasteiger partial charge in [-0.2, -0.15) is 4.39 Å². The third-order valence-corrected chi connectivity index (χ3v) is 3.29. The number of halogens is 1. The smallest absolute Gasteiger partial charge is 0.415 e. The van der Waals surface area contributed by atoms with Crippen LogP contribution in [0.25, 0.3) is 0 Å². The van der Waals surface area contributed by atoms with Gasteiger partial charge in [-0.1, -0.05) is 25.6 Å². The van der Waals surface area contributed by atoms with Crippen molar-refractivity contribution < 1.29 is 13.9 Å². The Kier molecular flexibility index (Phi) is 5.36. The molecule has 22 heavy (non-hydrogen) atoms. The van der Waals surface area contributed by atoms with E-state index in [0.717, 1.165) is 0 Å². The molecule has 1 aromatic rings. The van der Waals surface area contributed by atoms with Crippen LogP contribution in [0, 0.1) is 17.4 Å². The summed E-state index contributed by atoms with van der Waals surface area (Å²) in [7, 11) is -0.0938. The Labute approximate surface area is 132 Å². The van der Waals surface area contributed by atoms with Crippen LogP contribution < -0.4 is 4.90 Å². The number of amides is 1. The van der Waals surface area contributed by atoms with Crippen molar-refractivity contribution in [3.8, 4) is 11.5 Å². The third kappa shape index (κ3) is 5.86. The van der Waals surface area contributed by atoms with E-state index in [0.29, 0.717) is 0 Å². The molecular weight excluding hydrogens is 299 g/mol. The lowest BCUT2D eigenvalue weighted by atomic mass is 10.2. The predicted octanol–water partition coefficient (Wildman–Crippen LogP) is 3.82. The Morgan fingerprint density at radius 1 is 1.32 bits per heavy atom. The Morgan fingerprint density at radius 3 is 2.36 bits per heavy atom. The normalized spacial score (nSPS) is 11.5. The number of nitrogens with zero attached hydrogens (tertiary/aromatic N) is 2. The van der Waals surface area contributed by atoms with Crippen LogP contribution >= 0.6 is 0 Å². The van der Waals surface area contributed by atoms with Crippen LogP contribution in [0.3, 0.4) is 0 Å². The van der Waals surface area contributed by atoms with Gasteiger partial charge in [-0.05, 0) is 32.9 Å². The van der Waals surface area contributed by atoms with Gasteiger partial charge in [0.15, 0.2) is 0 Å². The number of pyridine rings is 1. The maximum atomic E-state index is 14.0. The number of hydrogen-bond donors (Lipinski definition) is 0. The number of hydrogen-bond acceptors (Lipinski definition) is 3. The number of carbonyl (C=O) groups excluding carboxylic acids is 1. The summed E-state index contributed by atoms with van der Waals surface area (Å²) in [5.74, 6) is 2.33. The molecule has 1 amide bonds. The van der Waals surface area contributed by atoms with Gasteiger partial charge in [-0.3, -0.25) is 4.90 Å². The minimum absolute atomic E-state index is 0.185. The maximum Gasteiger partial charge on any atom is 0.415 e. The summed E-state index contributed by atoms with van der Waals surface area (Å²) in [5, 5.41) is 0. The monoisotopic (exact) mass is 322 g/mol. The quantitative estimate of drug-likeness (QED) is 0.448. The highest BCUT2D eigenvalue weighted by atomic mass is 28.3. The summed E-state index contributed by atoms with van der Waals surface area (Å²) in [6.07, 6.45) is -0.583. The number of ether oxygens (including phenoxy) is 1. The van der Waals surface area contributed by atoms with Crippen molar-refractivity contribution in [1.82, 2.24) is 4.98 Å². The van der Waals surface area contributed by atoms with Crippen molar-refractivity contribution in [3.63, 3.8) is 0 Å². The summed E-state index contributed by atoms with van der Waals surface area (Å²) < 4.78 is 19.2. The molecule has 0 bridgehead atoms. The highest BCUT2D eigenvalue weighted by Gasteiger charge is 2.21. The summed E-state index contributed by atoms with van der Waals surface area (Å²) in [4.78, 5) is 16.9. The fourth-order valence-corrected chi connectivity index (χ4v) is 1.89. The Balaban J connectivity index is 2.98. The molecule has 4 nitrogen and oxygen atoms in total. The van der Waals surface area contributed by atoms with Crippen molar-refractivity contribution in [2.24, 2.45) is 0 Å². The first kappa shape index (κ1) is 18.2. The molecule has 0 radical (unpaired) electrons. The zero-order valence-electron chi connectivity index (χ0n) is 14.2. The van der Waals surface area contributed by atoms with Crippen LogP contribution in [0.2, 0.25) is 19.6 Å². The zero-order chi connectivity index (χ0) is 17.1. The Bertz CT molecular complexity index is 622. The molecule has 0 N–H and O–H groups in total. The SMILES string of the molecule is CN(C(=O)OC(C)(C)C)c1ccc(C#C[Si](C)(C)C)c(F)n1. The number of carbonyl (C=O) groups is 1. The number of anilines is 1. The molecule has 1 rings (SSSR count). The molecule has 0 aromatic carbocycles. The topological polar surface area (TPSA) is 42.4 Å². The second-order valence-corrected chi connectivity index (χ2v) is 11.8. The van der Waals surface area contributed by atoms with Gasteiger partial charge in [0.05, 0.1) is 5.56 Å². The molecule has 6 heteroatoms. The van der Waals surface area contributed by atoms with E-state index in [9.17, 15) is 9.18 Å². The number of aromatic nitrogens is 1. The summed E-state index contributed by atoms with van der Waals surface area (Å²) in [6, 6.07) is 3.09. The Morgan fingerprint density at radius 2 is 1.91 bits per heavy atom. The fraction of sp³-hybridized carbons (Fsp3) is 0.500. The first-order chi connectivity index (χ1) is 9.89. The van der Waals surface area contributed by atoms with Crippen molar-refractivity contribution in [2.75, 3.05) is 11.9 Å². The van der Waals surface area contributed by atoms with E-state index in [4.69, 9.17) is 4.74 Å². The second-order valence-electron chi connectivity index (χ2n) is 7.05. The van der Waals surface area contributed by atoms with Crippen LogP contribution in [0.5, 0.6) is 0 Å². The molecule has 1 heterocycles. The third-order valence-electron chi connectivity index (χ3n) is 2.42. The molecule has 0 saturated carbocycles. The lowest BCUT2D eigenvalue weighted by molar-refractivity contribution is 0.0588. The van der Waals surface area contributed by atoms with Crippen molar-refractivity contribution in [3.05, 3.63) is 23.6 Å². The van der Waals surface area contributed by atoms with Crippen LogP contribution in [-0.2, 0) is 4.74 Å². The van der Waals surface area contributed by atoms with Crippen molar-refractivity contribution in [1.29, 1.82) is 0 Å². The van der Waals surface area contributed by atoms with Gasteiger partial charge in [-0.25, -0.2) is 9.78 Å². The second kappa shape index (κ2) is 6.49. The first-order valence-electron chi connectivity index (χ1n) is 7.05. The van der Waals surface area contributed by atoms with Gasteiger partial charge in [0.2, 0.25) is 5.95 Å². The minimum atomic E-state index is -1.58. The standard InChI is InChI=1S/C16H23FN2O2Si/c1-16(2,3)21-15(20)19(4)13-9-8-12(14(17)18-13)10-11-22(5,6)7/h8-9H,1-7H3. The lowest BCUT2D eigenvalue weighted by Crippen LogP contribution is -2.34.